The van der Waals surface area contributed by atoms with Crippen LogP contribution in [0.4, 0.5) is 0 Å². The highest BCUT2D eigenvalue weighted by atomic mass is 35.5. The van der Waals surface area contributed by atoms with E-state index in [0.717, 1.165) is 5.56 Å². The number of benzene rings is 1. The molecule has 4 heteroatoms. The maximum atomic E-state index is 9.00. The summed E-state index contributed by atoms with van der Waals surface area (Å²) in [6, 6.07) is 15.2. The Kier molecular flexibility index (Phi) is 4.48. The van der Waals surface area contributed by atoms with Crippen molar-refractivity contribution < 1.29 is 22.2 Å². The largest absolute Gasteiger partial charge is 1.00 e. The molecule has 0 unspecified atom stereocenters. The Balaban J connectivity index is 0.00000128. The van der Waals surface area contributed by atoms with Gasteiger partial charge in [-0.3, -0.25) is 0 Å². The zero-order valence-corrected chi connectivity index (χ0v) is 9.25. The fourth-order valence-electron chi connectivity index (χ4n) is 1.39. The summed E-state index contributed by atoms with van der Waals surface area (Å²) in [5.74, 6) is 0.510. The Hall–Kier alpha value is -1.87. The van der Waals surface area contributed by atoms with E-state index in [-0.39, 0.29) is 12.4 Å². The lowest BCUT2D eigenvalue weighted by molar-refractivity contribution is -0.555. The molecule has 0 aliphatic heterocycles. The first kappa shape index (κ1) is 12.2. The van der Waals surface area contributed by atoms with Gasteiger partial charge in [-0.2, -0.15) is 4.57 Å². The average molecular weight is 235 g/mol. The maximum Gasteiger partial charge on any atom is 0.381 e. The van der Waals surface area contributed by atoms with Crippen molar-refractivity contribution in [3.05, 3.63) is 66.5 Å². The van der Waals surface area contributed by atoms with Crippen molar-refractivity contribution in [3.8, 4) is 0 Å². The molecule has 2 rings (SSSR count). The predicted molar refractivity (Wildman–Crippen MR) is 56.8 cm³/mol. The standard InChI is InChI=1S/C12H10N2O.ClH/c15-13-12(11-7-3-1-4-8-11)14-9-5-2-6-10-14;/h1-10H;1H. The van der Waals surface area contributed by atoms with E-state index in [1.54, 1.807) is 4.57 Å². The van der Waals surface area contributed by atoms with Crippen molar-refractivity contribution in [1.82, 2.24) is 0 Å². The Morgan fingerprint density at radius 1 is 0.938 bits per heavy atom. The third-order valence-electron chi connectivity index (χ3n) is 2.09. The molecule has 0 saturated heterocycles. The molecule has 0 saturated carbocycles. The van der Waals surface area contributed by atoms with Gasteiger partial charge in [0.15, 0.2) is 5.16 Å². The van der Waals surface area contributed by atoms with Crippen molar-refractivity contribution in [3.63, 3.8) is 0 Å². The minimum Gasteiger partial charge on any atom is -1.00 e. The first-order valence-electron chi connectivity index (χ1n) is 4.66. The van der Waals surface area contributed by atoms with Crippen molar-refractivity contribution in [2.24, 2.45) is 5.16 Å². The smallest absolute Gasteiger partial charge is 0.381 e. The Morgan fingerprint density at radius 2 is 1.50 bits per heavy atom. The zero-order valence-electron chi connectivity index (χ0n) is 8.49. The minimum absolute atomic E-state index is 0. The van der Waals surface area contributed by atoms with E-state index in [0.29, 0.717) is 5.84 Å². The molecule has 1 aromatic heterocycles. The van der Waals surface area contributed by atoms with Crippen LogP contribution in [0, 0.1) is 0 Å². The zero-order chi connectivity index (χ0) is 10.5. The van der Waals surface area contributed by atoms with Gasteiger partial charge in [-0.1, -0.05) is 24.3 Å². The van der Waals surface area contributed by atoms with E-state index in [1.165, 1.54) is 0 Å². The number of nitrogens with zero attached hydrogens (tertiary/aromatic N) is 2. The lowest BCUT2D eigenvalue weighted by Gasteiger charge is -1.97. The SMILES string of the molecule is ON=C(c1ccccc1)[n+]1ccccc1.[Cl-]. The summed E-state index contributed by atoms with van der Waals surface area (Å²) in [6.07, 6.45) is 3.67. The second-order valence-corrected chi connectivity index (χ2v) is 3.07. The van der Waals surface area contributed by atoms with Gasteiger partial charge in [-0.25, -0.2) is 0 Å². The monoisotopic (exact) mass is 234 g/mol. The number of hydrogen-bond acceptors (Lipinski definition) is 2. The van der Waals surface area contributed by atoms with Crippen molar-refractivity contribution in [2.75, 3.05) is 0 Å². The average Bonchev–Trinajstić information content (AvgIpc) is 2.33. The number of rotatable bonds is 1. The van der Waals surface area contributed by atoms with Gasteiger partial charge in [0.05, 0.1) is 18.0 Å². The Morgan fingerprint density at radius 3 is 2.06 bits per heavy atom. The molecule has 0 aliphatic rings. The molecule has 0 aliphatic carbocycles. The molecular weight excluding hydrogens is 224 g/mol. The molecule has 0 amide bonds. The molecule has 0 fully saturated rings. The Labute approximate surface area is 100 Å². The fraction of sp³-hybridized carbons (Fsp3) is 0. The van der Waals surface area contributed by atoms with Gasteiger partial charge < -0.3 is 17.6 Å². The van der Waals surface area contributed by atoms with Gasteiger partial charge in [0.2, 0.25) is 0 Å². The van der Waals surface area contributed by atoms with Crippen LogP contribution in [-0.4, -0.2) is 11.0 Å². The van der Waals surface area contributed by atoms with E-state index >= 15 is 0 Å². The lowest BCUT2D eigenvalue weighted by atomic mass is 10.2. The Bertz CT molecular complexity index is 415. The maximum absolute atomic E-state index is 9.00. The molecule has 0 radical (unpaired) electrons. The van der Waals surface area contributed by atoms with E-state index in [9.17, 15) is 0 Å². The molecule has 16 heavy (non-hydrogen) atoms. The van der Waals surface area contributed by atoms with Crippen LogP contribution in [0.1, 0.15) is 5.56 Å². The molecule has 1 heterocycles. The van der Waals surface area contributed by atoms with Crippen molar-refractivity contribution in [1.29, 1.82) is 0 Å². The third kappa shape index (κ3) is 2.58. The summed E-state index contributed by atoms with van der Waals surface area (Å²) in [4.78, 5) is 0. The number of aromatic nitrogens is 1. The lowest BCUT2D eigenvalue weighted by Crippen LogP contribution is -3.00. The first-order chi connectivity index (χ1) is 7.42. The quantitative estimate of drug-likeness (QED) is 0.214. The number of oxime groups is 1. The van der Waals surface area contributed by atoms with Crippen LogP contribution in [0.15, 0.2) is 66.1 Å². The van der Waals surface area contributed by atoms with Crippen LogP contribution in [0.5, 0.6) is 0 Å². The molecule has 1 N–H and O–H groups in total. The molecule has 3 nitrogen and oxygen atoms in total. The van der Waals surface area contributed by atoms with E-state index < -0.39 is 0 Å². The summed E-state index contributed by atoms with van der Waals surface area (Å²) in [5, 5.41) is 12.3. The molecule has 0 spiro atoms. The van der Waals surface area contributed by atoms with Gasteiger partial charge in [0.1, 0.15) is 0 Å². The van der Waals surface area contributed by atoms with Crippen LogP contribution >= 0.6 is 0 Å². The van der Waals surface area contributed by atoms with Crippen LogP contribution in [0.25, 0.3) is 0 Å². The van der Waals surface area contributed by atoms with Gasteiger partial charge in [0.25, 0.3) is 0 Å². The second-order valence-electron chi connectivity index (χ2n) is 3.07. The van der Waals surface area contributed by atoms with Gasteiger partial charge >= 0.3 is 5.84 Å². The second kappa shape index (κ2) is 5.88. The summed E-state index contributed by atoms with van der Waals surface area (Å²) in [6.45, 7) is 0. The molecular formula is C12H11ClN2O. The summed E-state index contributed by atoms with van der Waals surface area (Å²) in [7, 11) is 0. The summed E-state index contributed by atoms with van der Waals surface area (Å²) >= 11 is 0. The fourth-order valence-corrected chi connectivity index (χ4v) is 1.39. The highest BCUT2D eigenvalue weighted by molar-refractivity contribution is 5.91. The number of halogens is 1. The van der Waals surface area contributed by atoms with Gasteiger partial charge in [-0.05, 0) is 24.3 Å². The summed E-state index contributed by atoms with van der Waals surface area (Å²) < 4.78 is 1.76. The highest BCUT2D eigenvalue weighted by Gasteiger charge is 2.14. The number of hydrogen-bond donors (Lipinski definition) is 1. The normalized spacial score (nSPS) is 10.6. The van der Waals surface area contributed by atoms with Gasteiger partial charge in [0, 0.05) is 0 Å². The van der Waals surface area contributed by atoms with Crippen LogP contribution < -0.4 is 17.0 Å². The minimum atomic E-state index is 0. The first-order valence-corrected chi connectivity index (χ1v) is 4.66. The van der Waals surface area contributed by atoms with Crippen LogP contribution in [0.2, 0.25) is 0 Å². The molecule has 1 aromatic carbocycles. The molecule has 2 aromatic rings. The highest BCUT2D eigenvalue weighted by Crippen LogP contribution is 1.98. The van der Waals surface area contributed by atoms with E-state index in [2.05, 4.69) is 5.16 Å². The van der Waals surface area contributed by atoms with Gasteiger partial charge in [-0.15, -0.1) is 0 Å². The topological polar surface area (TPSA) is 36.5 Å². The molecule has 0 atom stereocenters. The van der Waals surface area contributed by atoms with E-state index in [4.69, 9.17) is 5.21 Å². The number of pyridine rings is 1. The molecule has 0 bridgehead atoms. The van der Waals surface area contributed by atoms with Crippen molar-refractivity contribution in [2.45, 2.75) is 0 Å². The summed E-state index contributed by atoms with van der Waals surface area (Å²) in [5.41, 5.74) is 0.871. The molecule has 82 valence electrons. The third-order valence-corrected chi connectivity index (χ3v) is 2.09. The van der Waals surface area contributed by atoms with Crippen LogP contribution in [-0.2, 0) is 0 Å². The predicted octanol–water partition coefficient (Wildman–Crippen LogP) is -1.34. The van der Waals surface area contributed by atoms with Crippen molar-refractivity contribution >= 4 is 5.84 Å². The van der Waals surface area contributed by atoms with E-state index in [1.807, 2.05) is 60.9 Å². The van der Waals surface area contributed by atoms with Crippen LogP contribution in [0.3, 0.4) is 0 Å².